The van der Waals surface area contributed by atoms with Crippen LogP contribution >= 0.6 is 11.3 Å². The minimum absolute atomic E-state index is 0.00839. The molecule has 1 aliphatic heterocycles. The molecule has 2 aromatic heterocycles. The van der Waals surface area contributed by atoms with E-state index >= 15 is 0 Å². The molecule has 1 fully saturated rings. The van der Waals surface area contributed by atoms with Gasteiger partial charge in [-0.1, -0.05) is 49.3 Å². The number of carbonyl (C=O) groups excluding carboxylic acids is 1. The molecule has 0 radical (unpaired) electrons. The number of H-pyrrole nitrogens is 1. The molecule has 6 nitrogen and oxygen atoms in total. The number of amides is 1. The van der Waals surface area contributed by atoms with E-state index in [1.54, 1.807) is 18.1 Å². The molecule has 33 heavy (non-hydrogen) atoms. The Morgan fingerprint density at radius 1 is 1.33 bits per heavy atom. The van der Waals surface area contributed by atoms with Gasteiger partial charge in [-0.25, -0.2) is 13.8 Å². The first kappa shape index (κ1) is 23.6. The standard InChI is InChI=1S/C24H31F2N5OS/c1-3-4-7-17(12-16-13-27-19-9-6-5-8-18(16)19)29-23(32)21-14-28-24(33-21)31-11-10-30(2)20(15-31)22(25)26/h5-6,8-9,13-14,17,20,22,27H,3-4,7,10-12,15H2,1-2H3,(H,29,32). The van der Waals surface area contributed by atoms with E-state index in [9.17, 15) is 13.6 Å². The summed E-state index contributed by atoms with van der Waals surface area (Å²) in [6.45, 7) is 3.51. The van der Waals surface area contributed by atoms with Gasteiger partial charge in [0.05, 0.1) is 12.2 Å². The van der Waals surface area contributed by atoms with Crippen LogP contribution in [0.2, 0.25) is 0 Å². The number of unbranched alkanes of at least 4 members (excludes halogenated alkanes) is 1. The van der Waals surface area contributed by atoms with Gasteiger partial charge in [-0.3, -0.25) is 9.69 Å². The Labute approximate surface area is 197 Å². The van der Waals surface area contributed by atoms with Crippen molar-refractivity contribution in [1.82, 2.24) is 20.2 Å². The van der Waals surface area contributed by atoms with E-state index in [1.165, 1.54) is 22.3 Å². The molecule has 0 bridgehead atoms. The highest BCUT2D eigenvalue weighted by atomic mass is 32.1. The summed E-state index contributed by atoms with van der Waals surface area (Å²) in [6.07, 6.45) is 4.89. The lowest BCUT2D eigenvalue weighted by Gasteiger charge is -2.38. The first-order chi connectivity index (χ1) is 16.0. The van der Waals surface area contributed by atoms with Gasteiger partial charge in [-0.15, -0.1) is 0 Å². The van der Waals surface area contributed by atoms with Crippen LogP contribution in [0.3, 0.4) is 0 Å². The third-order valence-electron chi connectivity index (χ3n) is 6.36. The van der Waals surface area contributed by atoms with Crippen molar-refractivity contribution in [3.8, 4) is 0 Å². The van der Waals surface area contributed by atoms with Crippen molar-refractivity contribution in [2.75, 3.05) is 31.6 Å². The molecule has 0 saturated carbocycles. The second-order valence-corrected chi connectivity index (χ2v) is 9.72. The number of hydrogen-bond donors (Lipinski definition) is 2. The molecule has 0 aliphatic carbocycles. The molecule has 4 rings (SSSR count). The molecule has 2 atom stereocenters. The summed E-state index contributed by atoms with van der Waals surface area (Å²) in [6, 6.07) is 7.36. The summed E-state index contributed by atoms with van der Waals surface area (Å²) < 4.78 is 26.7. The summed E-state index contributed by atoms with van der Waals surface area (Å²) in [5, 5.41) is 5.00. The van der Waals surface area contributed by atoms with E-state index in [1.807, 2.05) is 29.3 Å². The number of alkyl halides is 2. The van der Waals surface area contributed by atoms with Gasteiger partial charge >= 0.3 is 0 Å². The van der Waals surface area contributed by atoms with Gasteiger partial charge in [0.1, 0.15) is 4.88 Å². The van der Waals surface area contributed by atoms with Crippen molar-refractivity contribution in [3.05, 3.63) is 47.1 Å². The number of hydrogen-bond acceptors (Lipinski definition) is 5. The number of para-hydroxylation sites is 1. The predicted molar refractivity (Wildman–Crippen MR) is 130 cm³/mol. The van der Waals surface area contributed by atoms with Crippen molar-refractivity contribution < 1.29 is 13.6 Å². The molecule has 3 heterocycles. The Morgan fingerprint density at radius 3 is 2.94 bits per heavy atom. The lowest BCUT2D eigenvalue weighted by molar-refractivity contribution is 0.0325. The zero-order chi connectivity index (χ0) is 23.4. The minimum atomic E-state index is -2.41. The van der Waals surface area contributed by atoms with Gasteiger partial charge in [-0.2, -0.15) is 0 Å². The first-order valence-corrected chi connectivity index (χ1v) is 12.3. The van der Waals surface area contributed by atoms with Crippen LogP contribution in [0.5, 0.6) is 0 Å². The molecule has 1 saturated heterocycles. The molecular formula is C24H31F2N5OS. The molecule has 9 heteroatoms. The summed E-state index contributed by atoms with van der Waals surface area (Å²) in [7, 11) is 1.72. The van der Waals surface area contributed by atoms with E-state index in [2.05, 4.69) is 28.3 Å². The van der Waals surface area contributed by atoms with Crippen LogP contribution in [0.25, 0.3) is 10.9 Å². The number of anilines is 1. The maximum atomic E-state index is 13.3. The van der Waals surface area contributed by atoms with Crippen molar-refractivity contribution >= 4 is 33.3 Å². The zero-order valence-electron chi connectivity index (χ0n) is 19.1. The van der Waals surface area contributed by atoms with E-state index in [-0.39, 0.29) is 18.5 Å². The molecule has 1 aliphatic rings. The summed E-state index contributed by atoms with van der Waals surface area (Å²) in [4.78, 5) is 24.8. The number of nitrogens with zero attached hydrogens (tertiary/aromatic N) is 3. The summed E-state index contributed by atoms with van der Waals surface area (Å²) in [5.41, 5.74) is 2.28. The van der Waals surface area contributed by atoms with Crippen molar-refractivity contribution in [2.45, 2.75) is 51.1 Å². The van der Waals surface area contributed by atoms with Gasteiger partial charge in [0.2, 0.25) is 0 Å². The maximum absolute atomic E-state index is 13.3. The third-order valence-corrected chi connectivity index (χ3v) is 7.41. The molecule has 178 valence electrons. The van der Waals surface area contributed by atoms with Crippen LogP contribution in [0.1, 0.15) is 41.4 Å². The largest absolute Gasteiger partial charge is 0.361 e. The topological polar surface area (TPSA) is 64.3 Å². The average molecular weight is 476 g/mol. The lowest BCUT2D eigenvalue weighted by atomic mass is 10.0. The average Bonchev–Trinajstić information content (AvgIpc) is 3.45. The van der Waals surface area contributed by atoms with E-state index in [0.29, 0.717) is 23.1 Å². The van der Waals surface area contributed by atoms with Gasteiger partial charge in [0, 0.05) is 42.8 Å². The van der Waals surface area contributed by atoms with Crippen molar-refractivity contribution in [3.63, 3.8) is 0 Å². The number of halogens is 2. The number of aromatic amines is 1. The van der Waals surface area contributed by atoms with Crippen LogP contribution < -0.4 is 10.2 Å². The fourth-order valence-corrected chi connectivity index (χ4v) is 5.21. The number of likely N-dealkylation sites (N-methyl/N-ethyl adjacent to an activating group) is 1. The molecular weight excluding hydrogens is 444 g/mol. The van der Waals surface area contributed by atoms with Gasteiger partial charge in [0.15, 0.2) is 5.13 Å². The molecule has 1 amide bonds. The second-order valence-electron chi connectivity index (χ2n) is 8.71. The Kier molecular flexibility index (Phi) is 7.60. The van der Waals surface area contributed by atoms with Gasteiger partial charge in [-0.05, 0) is 31.5 Å². The smallest absolute Gasteiger partial charge is 0.263 e. The highest BCUT2D eigenvalue weighted by Gasteiger charge is 2.32. The third kappa shape index (κ3) is 5.52. The Bertz CT molecular complexity index is 1070. The Balaban J connectivity index is 1.43. The number of rotatable bonds is 9. The van der Waals surface area contributed by atoms with Crippen molar-refractivity contribution in [2.24, 2.45) is 0 Å². The lowest BCUT2D eigenvalue weighted by Crippen LogP contribution is -2.54. The van der Waals surface area contributed by atoms with Crippen LogP contribution in [0.4, 0.5) is 13.9 Å². The molecule has 0 spiro atoms. The van der Waals surface area contributed by atoms with Crippen LogP contribution in [0.15, 0.2) is 36.7 Å². The summed E-state index contributed by atoms with van der Waals surface area (Å²) in [5.74, 6) is -0.153. The minimum Gasteiger partial charge on any atom is -0.361 e. The maximum Gasteiger partial charge on any atom is 0.263 e. The van der Waals surface area contributed by atoms with E-state index in [4.69, 9.17) is 0 Å². The fourth-order valence-electron chi connectivity index (χ4n) is 4.36. The monoisotopic (exact) mass is 475 g/mol. The summed E-state index contributed by atoms with van der Waals surface area (Å²) >= 11 is 1.27. The number of aromatic nitrogens is 2. The van der Waals surface area contributed by atoms with Gasteiger partial charge in [0.25, 0.3) is 12.3 Å². The number of fused-ring (bicyclic) bond motifs is 1. The highest BCUT2D eigenvalue weighted by Crippen LogP contribution is 2.27. The molecule has 2 N–H and O–H groups in total. The fraction of sp³-hybridized carbons (Fsp3) is 0.500. The van der Waals surface area contributed by atoms with Crippen LogP contribution in [-0.4, -0.2) is 66.0 Å². The van der Waals surface area contributed by atoms with Crippen LogP contribution in [-0.2, 0) is 6.42 Å². The highest BCUT2D eigenvalue weighted by molar-refractivity contribution is 7.17. The number of benzene rings is 1. The Morgan fingerprint density at radius 2 is 2.15 bits per heavy atom. The molecule has 1 aromatic carbocycles. The predicted octanol–water partition coefficient (Wildman–Crippen LogP) is 4.54. The molecule has 3 aromatic rings. The quantitative estimate of drug-likeness (QED) is 0.477. The zero-order valence-corrected chi connectivity index (χ0v) is 19.9. The normalized spacial score (nSPS) is 18.2. The molecule has 2 unspecified atom stereocenters. The van der Waals surface area contributed by atoms with E-state index in [0.717, 1.165) is 31.2 Å². The number of thiazole rings is 1. The van der Waals surface area contributed by atoms with Crippen LogP contribution in [0, 0.1) is 0 Å². The SMILES string of the molecule is CCCCC(Cc1c[nH]c2ccccc12)NC(=O)c1cnc(N2CCN(C)C(C(F)F)C2)s1. The Hall–Kier alpha value is -2.52. The van der Waals surface area contributed by atoms with Crippen molar-refractivity contribution in [1.29, 1.82) is 0 Å². The second kappa shape index (κ2) is 10.6. The number of piperazine rings is 1. The van der Waals surface area contributed by atoms with E-state index < -0.39 is 12.5 Å². The first-order valence-electron chi connectivity index (χ1n) is 11.5. The number of carbonyl (C=O) groups is 1. The van der Waals surface area contributed by atoms with Gasteiger partial charge < -0.3 is 15.2 Å². The number of nitrogens with one attached hydrogen (secondary N) is 2.